The van der Waals surface area contributed by atoms with Gasteiger partial charge in [0.1, 0.15) is 4.21 Å². The molecule has 0 amide bonds. The number of sulfonamides is 1. The second kappa shape index (κ2) is 7.85. The molecule has 1 aromatic rings. The van der Waals surface area contributed by atoms with Crippen molar-refractivity contribution in [2.24, 2.45) is 13.6 Å². The van der Waals surface area contributed by atoms with Gasteiger partial charge in [-0.1, -0.05) is 6.07 Å². The third-order valence-corrected chi connectivity index (χ3v) is 4.25. The van der Waals surface area contributed by atoms with E-state index in [0.29, 0.717) is 0 Å². The molecular weight excluding hydrogens is 334 g/mol. The molecular formula is C4H3N9O4S3. The van der Waals surface area contributed by atoms with Crippen molar-refractivity contribution in [2.45, 2.75) is 4.21 Å². The summed E-state index contributed by atoms with van der Waals surface area (Å²) in [6.45, 7) is 0. The van der Waals surface area contributed by atoms with Gasteiger partial charge in [0, 0.05) is 28.3 Å². The van der Waals surface area contributed by atoms with Gasteiger partial charge in [0.05, 0.1) is 0 Å². The van der Waals surface area contributed by atoms with Gasteiger partial charge in [-0.15, -0.1) is 11.3 Å². The first-order chi connectivity index (χ1) is 9.29. The predicted molar refractivity (Wildman–Crippen MR) is 67.9 cm³/mol. The maximum atomic E-state index is 10.9. The number of nitrogens with zero attached hydrogens (tertiary/aromatic N) is 9. The van der Waals surface area contributed by atoms with Crippen molar-refractivity contribution < 1.29 is 16.8 Å². The van der Waals surface area contributed by atoms with Crippen LogP contribution in [0.15, 0.2) is 35.3 Å². The second-order valence-corrected chi connectivity index (χ2v) is 6.35. The minimum absolute atomic E-state index is 0.0651. The second-order valence-electron chi connectivity index (χ2n) is 2.37. The molecule has 0 saturated heterocycles. The average molecular weight is 337 g/mol. The highest BCUT2D eigenvalue weighted by atomic mass is 32.2. The van der Waals surface area contributed by atoms with Gasteiger partial charge in [-0.05, 0) is 28.0 Å². The topological polar surface area (TPSA) is 215 Å². The third kappa shape index (κ3) is 6.46. The number of azide groups is 2. The zero-order chi connectivity index (χ0) is 15.6. The van der Waals surface area contributed by atoms with Crippen LogP contribution in [0.5, 0.6) is 0 Å². The first kappa shape index (κ1) is 17.5. The average Bonchev–Trinajstić information content (AvgIpc) is 2.83. The molecule has 16 heteroatoms. The normalized spacial score (nSPS) is 9.80. The first-order valence-electron chi connectivity index (χ1n) is 4.01. The van der Waals surface area contributed by atoms with Crippen LogP contribution in [-0.2, 0) is 20.2 Å². The molecule has 0 fully saturated rings. The minimum atomic E-state index is -4.27. The largest absolute Gasteiger partial charge is 0.321 e. The fourth-order valence-electron chi connectivity index (χ4n) is 0.607. The van der Waals surface area contributed by atoms with Crippen LogP contribution in [0.3, 0.4) is 0 Å². The van der Waals surface area contributed by atoms with Gasteiger partial charge in [0.15, 0.2) is 0 Å². The molecule has 0 aliphatic rings. The van der Waals surface area contributed by atoms with Crippen molar-refractivity contribution in [3.63, 3.8) is 0 Å². The van der Waals surface area contributed by atoms with Crippen LogP contribution in [-0.4, -0.2) is 16.8 Å². The Hall–Kier alpha value is -2.47. The molecule has 0 unspecified atom stereocenters. The predicted octanol–water partition coefficient (Wildman–Crippen LogP) is 2.60. The molecule has 1 rings (SSSR count). The van der Waals surface area contributed by atoms with E-state index in [1.165, 1.54) is 6.07 Å². The molecule has 106 valence electrons. The standard InChI is InChI=1S/C4H3N3O2S2.N6O2S/c5-6-7-11(8,9)4-2-1-3-10-4;1-3-5-9(7,8)6-4-2/h1-3H;. The van der Waals surface area contributed by atoms with Crippen LogP contribution in [0.2, 0.25) is 0 Å². The summed E-state index contributed by atoms with van der Waals surface area (Å²) < 4.78 is 48.8. The summed E-state index contributed by atoms with van der Waals surface area (Å²) in [6.07, 6.45) is 0. The van der Waals surface area contributed by atoms with E-state index in [9.17, 15) is 16.8 Å². The lowest BCUT2D eigenvalue weighted by Crippen LogP contribution is -1.89. The lowest BCUT2D eigenvalue weighted by Gasteiger charge is -1.86. The molecule has 0 radical (unpaired) electrons. The van der Waals surface area contributed by atoms with Crippen molar-refractivity contribution in [3.05, 3.63) is 48.8 Å². The highest BCUT2D eigenvalue weighted by Gasteiger charge is 2.11. The molecule has 1 aromatic heterocycles. The maximum Gasteiger partial charge on any atom is 0.321 e. The molecule has 0 N–H and O–H groups in total. The SMILES string of the molecule is [N-]=[N+]=NS(=O)(=O)N=[N+]=[N-].[N-]=[N+]=NS(=O)(=O)c1cccs1. The number of rotatable bonds is 4. The highest BCUT2D eigenvalue weighted by Crippen LogP contribution is 2.17. The van der Waals surface area contributed by atoms with E-state index in [1.807, 2.05) is 9.82 Å². The Bertz CT molecular complexity index is 765. The van der Waals surface area contributed by atoms with E-state index in [2.05, 4.69) is 18.5 Å². The van der Waals surface area contributed by atoms with Gasteiger partial charge in [0.25, 0.3) is 10.0 Å². The zero-order valence-electron chi connectivity index (χ0n) is 9.11. The number of thiophene rings is 1. The van der Waals surface area contributed by atoms with Crippen molar-refractivity contribution in [1.29, 1.82) is 0 Å². The molecule has 0 aliphatic carbocycles. The Balaban J connectivity index is 0.000000370. The Labute approximate surface area is 115 Å². The van der Waals surface area contributed by atoms with Gasteiger partial charge in [-0.25, -0.2) is 16.8 Å². The molecule has 0 saturated carbocycles. The van der Waals surface area contributed by atoms with E-state index in [4.69, 9.17) is 16.6 Å². The molecule has 0 aromatic carbocycles. The van der Waals surface area contributed by atoms with E-state index >= 15 is 0 Å². The fourth-order valence-corrected chi connectivity index (χ4v) is 2.45. The molecule has 0 bridgehead atoms. The summed E-state index contributed by atoms with van der Waals surface area (Å²) in [5, 5.41) is 1.60. The van der Waals surface area contributed by atoms with Gasteiger partial charge in [-0.2, -0.15) is 0 Å². The van der Waals surface area contributed by atoms with Gasteiger partial charge < -0.3 is 0 Å². The Morgan fingerprint density at radius 3 is 1.80 bits per heavy atom. The van der Waals surface area contributed by atoms with Crippen molar-refractivity contribution in [2.75, 3.05) is 0 Å². The van der Waals surface area contributed by atoms with Gasteiger partial charge >= 0.3 is 10.2 Å². The lowest BCUT2D eigenvalue weighted by molar-refractivity contribution is 0.597. The van der Waals surface area contributed by atoms with Gasteiger partial charge in [-0.3, -0.25) is 0 Å². The summed E-state index contributed by atoms with van der Waals surface area (Å²) in [7, 11) is -8.01. The summed E-state index contributed by atoms with van der Waals surface area (Å²) in [6, 6.07) is 2.96. The van der Waals surface area contributed by atoms with E-state index < -0.39 is 20.2 Å². The lowest BCUT2D eigenvalue weighted by atomic mass is 10.7. The van der Waals surface area contributed by atoms with E-state index in [-0.39, 0.29) is 4.21 Å². The van der Waals surface area contributed by atoms with Crippen molar-refractivity contribution in [3.8, 4) is 0 Å². The monoisotopic (exact) mass is 337 g/mol. The smallest absolute Gasteiger partial charge is 0.215 e. The Kier molecular flexibility index (Phi) is 6.88. The quantitative estimate of drug-likeness (QED) is 0.459. The molecule has 13 nitrogen and oxygen atoms in total. The molecule has 20 heavy (non-hydrogen) atoms. The minimum Gasteiger partial charge on any atom is -0.215 e. The third-order valence-electron chi connectivity index (χ3n) is 1.17. The van der Waals surface area contributed by atoms with Crippen molar-refractivity contribution >= 4 is 31.6 Å². The van der Waals surface area contributed by atoms with Crippen LogP contribution >= 0.6 is 11.3 Å². The summed E-state index contributed by atoms with van der Waals surface area (Å²) in [5.41, 5.74) is 22.9. The zero-order valence-corrected chi connectivity index (χ0v) is 11.6. The van der Waals surface area contributed by atoms with Crippen LogP contribution in [0.1, 0.15) is 0 Å². The first-order valence-corrected chi connectivity index (χ1v) is 7.73. The summed E-state index contributed by atoms with van der Waals surface area (Å²) >= 11 is 1.02. The number of hydrogen-bond acceptors (Lipinski definition) is 5. The number of hydrogen-bond donors (Lipinski definition) is 0. The van der Waals surface area contributed by atoms with Crippen molar-refractivity contribution in [1.82, 2.24) is 0 Å². The van der Waals surface area contributed by atoms with E-state index in [1.54, 1.807) is 11.4 Å². The van der Waals surface area contributed by atoms with Crippen LogP contribution < -0.4 is 0 Å². The van der Waals surface area contributed by atoms with E-state index in [0.717, 1.165) is 11.3 Å². The summed E-state index contributed by atoms with van der Waals surface area (Å²) in [4.78, 5) is 6.00. The fraction of sp³-hybridized carbons (Fsp3) is 0. The molecule has 0 atom stereocenters. The highest BCUT2D eigenvalue weighted by molar-refractivity contribution is 7.92. The van der Waals surface area contributed by atoms with Gasteiger partial charge in [0.2, 0.25) is 0 Å². The molecule has 1 heterocycles. The van der Waals surface area contributed by atoms with Crippen LogP contribution in [0, 0.1) is 0 Å². The molecule has 0 aliphatic heterocycles. The summed E-state index contributed by atoms with van der Waals surface area (Å²) in [5.74, 6) is 0. The Morgan fingerprint density at radius 1 is 0.950 bits per heavy atom. The Morgan fingerprint density at radius 2 is 1.45 bits per heavy atom. The van der Waals surface area contributed by atoms with Crippen LogP contribution in [0.4, 0.5) is 0 Å². The molecule has 0 spiro atoms. The maximum absolute atomic E-state index is 10.9. The van der Waals surface area contributed by atoms with Crippen LogP contribution in [0.25, 0.3) is 31.3 Å².